The molecule has 7 heavy (non-hydrogen) atoms. The van der Waals surface area contributed by atoms with Gasteiger partial charge in [-0.3, -0.25) is 4.55 Å². The fourth-order valence-corrected chi connectivity index (χ4v) is 0. The van der Waals surface area contributed by atoms with Crippen LogP contribution in [0.5, 0.6) is 0 Å². The molecule has 0 amide bonds. The fourth-order valence-electron chi connectivity index (χ4n) is 0. The predicted molar refractivity (Wildman–Crippen MR) is 16.8 cm³/mol. The fraction of sp³-hybridized carbons (Fsp3) is 0. The number of hydrogen-bond acceptors (Lipinski definition) is 4. The molecule has 0 rings (SSSR count). The van der Waals surface area contributed by atoms with Crippen molar-refractivity contribution in [3.05, 3.63) is 0 Å². The Morgan fingerprint density at radius 1 is 1.57 bits per heavy atom. The van der Waals surface area contributed by atoms with Gasteiger partial charge >= 0.3 is 10.4 Å². The molecule has 0 saturated carbocycles. The quantitative estimate of drug-likeness (QED) is 0.290. The summed E-state index contributed by atoms with van der Waals surface area (Å²) in [5.41, 5.74) is 0. The van der Waals surface area contributed by atoms with E-state index in [9.17, 15) is 8.42 Å². The summed E-state index contributed by atoms with van der Waals surface area (Å²) in [4.78, 5) is 0. The van der Waals surface area contributed by atoms with Crippen LogP contribution in [0.15, 0.2) is 0 Å². The number of rotatable bonds is 1. The van der Waals surface area contributed by atoms with E-state index in [2.05, 4.69) is 10.2 Å². The summed E-state index contributed by atoms with van der Waals surface area (Å²) in [6, 6.07) is 0. The second kappa shape index (κ2) is 3.34. The number of nitrogens with two attached hydrogens (primary N) is 1. The average molecular weight is 172 g/mol. The zero-order valence-electron chi connectivity index (χ0n) is 2.97. The smallest absolute Gasteiger partial charge is 0.262 e. The van der Waals surface area contributed by atoms with E-state index in [0.717, 1.165) is 0 Å². The predicted octanol–water partition coefficient (Wildman–Crippen LogP) is -1.32. The Labute approximate surface area is 50.7 Å². The molecule has 0 fully saturated rings. The normalized spacial score (nSPS) is 10.0. The van der Waals surface area contributed by atoms with E-state index in [1.807, 2.05) is 0 Å². The Bertz CT molecular complexity index is 114. The standard InChI is InChI=1S/H3NO4S.Ni/c1-5-6(2,3)4;/h1H2,(H,2,3,4);. The summed E-state index contributed by atoms with van der Waals surface area (Å²) in [6.45, 7) is 0. The molecule has 0 unspecified atom stereocenters. The first kappa shape index (κ1) is 10.3. The third-order valence-corrected chi connectivity index (χ3v) is 0.365. The molecule has 0 heterocycles. The summed E-state index contributed by atoms with van der Waals surface area (Å²) in [7, 11) is -4.38. The number of hydrogen-bond donors (Lipinski definition) is 2. The van der Waals surface area contributed by atoms with Gasteiger partial charge in [-0.2, -0.15) is 18.6 Å². The first-order valence-electron chi connectivity index (χ1n) is 0.918. The summed E-state index contributed by atoms with van der Waals surface area (Å²) in [5.74, 6) is 3.97. The molecule has 0 aromatic rings. The van der Waals surface area contributed by atoms with Crippen molar-refractivity contribution in [2.24, 2.45) is 5.90 Å². The molecule has 48 valence electrons. The van der Waals surface area contributed by atoms with Gasteiger partial charge in [0.15, 0.2) is 0 Å². The summed E-state index contributed by atoms with van der Waals surface area (Å²) in [5, 5.41) is 0. The molecule has 0 aliphatic heterocycles. The van der Waals surface area contributed by atoms with E-state index in [1.54, 1.807) is 0 Å². The van der Waals surface area contributed by atoms with Crippen LogP contribution in [0, 0.1) is 0 Å². The largest absolute Gasteiger partial charge is 0.413 e. The van der Waals surface area contributed by atoms with Crippen molar-refractivity contribution in [3.63, 3.8) is 0 Å². The van der Waals surface area contributed by atoms with Gasteiger partial charge in [0.1, 0.15) is 0 Å². The molecule has 0 aliphatic carbocycles. The van der Waals surface area contributed by atoms with Crippen LogP contribution in [0.3, 0.4) is 0 Å². The minimum atomic E-state index is -4.38. The second-order valence-electron chi connectivity index (χ2n) is 0.524. The van der Waals surface area contributed by atoms with E-state index in [0.29, 0.717) is 0 Å². The molecule has 0 spiro atoms. The molecule has 0 aromatic heterocycles. The van der Waals surface area contributed by atoms with Crippen LogP contribution in [-0.4, -0.2) is 13.0 Å². The van der Waals surface area contributed by atoms with E-state index in [4.69, 9.17) is 4.55 Å². The van der Waals surface area contributed by atoms with Crippen molar-refractivity contribution in [2.75, 3.05) is 0 Å². The van der Waals surface area contributed by atoms with Crippen LogP contribution in [0.2, 0.25) is 0 Å². The third kappa shape index (κ3) is 10.7. The van der Waals surface area contributed by atoms with Gasteiger partial charge in [0.25, 0.3) is 0 Å². The molecule has 5 nitrogen and oxygen atoms in total. The van der Waals surface area contributed by atoms with E-state index >= 15 is 0 Å². The summed E-state index contributed by atoms with van der Waals surface area (Å²) < 4.78 is 28.8. The molecule has 0 bridgehead atoms. The molecule has 0 aliphatic rings. The van der Waals surface area contributed by atoms with Crippen LogP contribution in [-0.2, 0) is 31.2 Å². The van der Waals surface area contributed by atoms with Crippen LogP contribution < -0.4 is 5.90 Å². The summed E-state index contributed by atoms with van der Waals surface area (Å²) in [6.07, 6.45) is 0. The van der Waals surface area contributed by atoms with Crippen molar-refractivity contribution in [2.45, 2.75) is 0 Å². The van der Waals surface area contributed by atoms with E-state index in [1.165, 1.54) is 0 Å². The Kier molecular flexibility index (Phi) is 4.93. The SMILES string of the molecule is NOS(=O)(=O)O.[Ni]. The van der Waals surface area contributed by atoms with Crippen molar-refractivity contribution in [1.29, 1.82) is 0 Å². The zero-order valence-corrected chi connectivity index (χ0v) is 4.78. The van der Waals surface area contributed by atoms with Crippen LogP contribution in [0.4, 0.5) is 0 Å². The molecule has 7 heteroatoms. The molecule has 0 saturated heterocycles. The molecule has 3 N–H and O–H groups in total. The first-order valence-corrected chi connectivity index (χ1v) is 2.28. The maximum atomic E-state index is 9.21. The Morgan fingerprint density at radius 3 is 1.71 bits per heavy atom. The Hall–Kier alpha value is 0.324. The molecule has 0 radical (unpaired) electrons. The van der Waals surface area contributed by atoms with Crippen molar-refractivity contribution >= 4 is 10.4 Å². The zero-order chi connectivity index (χ0) is 5.21. The first-order chi connectivity index (χ1) is 2.56. The Morgan fingerprint density at radius 2 is 1.71 bits per heavy atom. The third-order valence-electron chi connectivity index (χ3n) is 0.122. The molecule has 0 atom stereocenters. The van der Waals surface area contributed by atoms with Gasteiger partial charge < -0.3 is 0 Å². The van der Waals surface area contributed by atoms with Gasteiger partial charge in [0, 0.05) is 16.5 Å². The van der Waals surface area contributed by atoms with Gasteiger partial charge in [0.05, 0.1) is 0 Å². The maximum absolute atomic E-state index is 9.21. The van der Waals surface area contributed by atoms with Gasteiger partial charge in [0.2, 0.25) is 0 Å². The van der Waals surface area contributed by atoms with Crippen molar-refractivity contribution in [3.8, 4) is 0 Å². The topological polar surface area (TPSA) is 89.6 Å². The Balaban J connectivity index is 0. The second-order valence-corrected chi connectivity index (χ2v) is 1.57. The van der Waals surface area contributed by atoms with Gasteiger partial charge in [-0.1, -0.05) is 0 Å². The maximum Gasteiger partial charge on any atom is 0.413 e. The van der Waals surface area contributed by atoms with Gasteiger partial charge in [-0.15, -0.1) is 0 Å². The molecule has 0 aromatic carbocycles. The van der Waals surface area contributed by atoms with Crippen LogP contribution in [0.25, 0.3) is 0 Å². The average Bonchev–Trinajstić information content (AvgIpc) is 1.35. The van der Waals surface area contributed by atoms with E-state index in [-0.39, 0.29) is 16.5 Å². The van der Waals surface area contributed by atoms with Crippen LogP contribution >= 0.6 is 0 Å². The monoisotopic (exact) mass is 171 g/mol. The molecular weight excluding hydrogens is 169 g/mol. The minimum Gasteiger partial charge on any atom is -0.262 e. The van der Waals surface area contributed by atoms with Crippen molar-refractivity contribution in [1.82, 2.24) is 0 Å². The van der Waals surface area contributed by atoms with Crippen LogP contribution in [0.1, 0.15) is 0 Å². The summed E-state index contributed by atoms with van der Waals surface area (Å²) >= 11 is 0. The minimum absolute atomic E-state index is 0. The van der Waals surface area contributed by atoms with E-state index < -0.39 is 10.4 Å². The van der Waals surface area contributed by atoms with Gasteiger partial charge in [-0.05, 0) is 0 Å². The van der Waals surface area contributed by atoms with Crippen molar-refractivity contribution < 1.29 is 33.7 Å². The molecular formula is H3NNiO4S. The van der Waals surface area contributed by atoms with Gasteiger partial charge in [-0.25, -0.2) is 0 Å².